The Morgan fingerprint density at radius 3 is 2.77 bits per heavy atom. The third-order valence-electron chi connectivity index (χ3n) is 3.99. The van der Waals surface area contributed by atoms with Crippen LogP contribution in [0.2, 0.25) is 10.0 Å². The Labute approximate surface area is 137 Å². The largest absolute Gasteiger partial charge is 0.378 e. The lowest BCUT2D eigenvalue weighted by molar-refractivity contribution is -0.137. The van der Waals surface area contributed by atoms with Gasteiger partial charge in [-0.25, -0.2) is 4.98 Å². The first kappa shape index (κ1) is 15.3. The molecule has 0 aliphatic carbocycles. The summed E-state index contributed by atoms with van der Waals surface area (Å²) in [5, 5.41) is 12.0. The molecule has 1 saturated heterocycles. The monoisotopic (exact) mass is 339 g/mol. The zero-order valence-electron chi connectivity index (χ0n) is 11.7. The minimum absolute atomic E-state index is 0.124. The second-order valence-corrected chi connectivity index (χ2v) is 6.31. The number of nitrogens with zero attached hydrogens (tertiary/aromatic N) is 2. The summed E-state index contributed by atoms with van der Waals surface area (Å²) in [6.07, 6.45) is 1.02. The molecule has 1 atom stereocenters. The van der Waals surface area contributed by atoms with Gasteiger partial charge in [0, 0.05) is 11.9 Å². The fourth-order valence-electron chi connectivity index (χ4n) is 2.73. The molecule has 1 fully saturated rings. The van der Waals surface area contributed by atoms with Gasteiger partial charge in [0.15, 0.2) is 5.60 Å². The van der Waals surface area contributed by atoms with Crippen LogP contribution in [0.15, 0.2) is 24.3 Å². The highest BCUT2D eigenvalue weighted by molar-refractivity contribution is 6.45. The molecule has 0 bridgehead atoms. The molecular formula is C15H15Cl2N3O2. The van der Waals surface area contributed by atoms with Crippen LogP contribution in [0.5, 0.6) is 0 Å². The van der Waals surface area contributed by atoms with E-state index in [0.717, 1.165) is 5.39 Å². The van der Waals surface area contributed by atoms with Crippen LogP contribution in [0.25, 0.3) is 10.9 Å². The van der Waals surface area contributed by atoms with E-state index in [1.165, 1.54) is 0 Å². The van der Waals surface area contributed by atoms with Crippen LogP contribution in [0.4, 0.5) is 5.82 Å². The number of hydrogen-bond acceptors (Lipinski definition) is 4. The Morgan fingerprint density at radius 2 is 2.05 bits per heavy atom. The van der Waals surface area contributed by atoms with E-state index in [9.17, 15) is 9.90 Å². The van der Waals surface area contributed by atoms with Crippen molar-refractivity contribution in [1.82, 2.24) is 4.98 Å². The van der Waals surface area contributed by atoms with Gasteiger partial charge in [-0.1, -0.05) is 29.3 Å². The summed E-state index contributed by atoms with van der Waals surface area (Å²) in [4.78, 5) is 17.8. The first-order valence-corrected chi connectivity index (χ1v) is 7.68. The van der Waals surface area contributed by atoms with E-state index in [2.05, 4.69) is 4.98 Å². The molecule has 2 aromatic rings. The number of amides is 1. The Hall–Kier alpha value is -1.56. The highest BCUT2D eigenvalue weighted by Crippen LogP contribution is 2.32. The molecule has 1 amide bonds. The molecule has 1 aliphatic heterocycles. The van der Waals surface area contributed by atoms with E-state index in [4.69, 9.17) is 28.9 Å². The Bertz CT molecular complexity index is 753. The van der Waals surface area contributed by atoms with Gasteiger partial charge in [-0.2, -0.15) is 0 Å². The zero-order valence-corrected chi connectivity index (χ0v) is 13.2. The van der Waals surface area contributed by atoms with E-state index in [0.29, 0.717) is 40.8 Å². The molecule has 3 N–H and O–H groups in total. The van der Waals surface area contributed by atoms with Gasteiger partial charge in [0.1, 0.15) is 5.82 Å². The van der Waals surface area contributed by atoms with Crippen molar-refractivity contribution in [2.24, 2.45) is 5.73 Å². The third-order valence-corrected chi connectivity index (χ3v) is 4.79. The summed E-state index contributed by atoms with van der Waals surface area (Å²) in [6, 6.07) is 7.29. The number of aliphatic hydroxyl groups is 1. The molecule has 0 unspecified atom stereocenters. The van der Waals surface area contributed by atoms with Crippen LogP contribution in [0, 0.1) is 0 Å². The van der Waals surface area contributed by atoms with E-state index in [1.54, 1.807) is 6.07 Å². The van der Waals surface area contributed by atoms with Crippen molar-refractivity contribution in [1.29, 1.82) is 0 Å². The van der Waals surface area contributed by atoms with Crippen molar-refractivity contribution in [2.75, 3.05) is 18.0 Å². The molecule has 1 aromatic heterocycles. The highest BCUT2D eigenvalue weighted by atomic mass is 35.5. The van der Waals surface area contributed by atoms with E-state index in [1.807, 2.05) is 23.1 Å². The number of hydrogen-bond donors (Lipinski definition) is 2. The lowest BCUT2D eigenvalue weighted by atomic mass is 9.92. The smallest absolute Gasteiger partial charge is 0.251 e. The van der Waals surface area contributed by atoms with E-state index >= 15 is 0 Å². The summed E-state index contributed by atoms with van der Waals surface area (Å²) in [5.74, 6) is -0.0740. The lowest BCUT2D eigenvalue weighted by Gasteiger charge is -2.37. The Kier molecular flexibility index (Phi) is 3.89. The number of benzene rings is 1. The maximum atomic E-state index is 11.5. The van der Waals surface area contributed by atoms with Crippen molar-refractivity contribution >= 4 is 45.8 Å². The molecule has 5 nitrogen and oxygen atoms in total. The number of β-amino-alcohol motifs (C(OH)–C–C–N with tert-alkyl or cyclic N) is 1. The molecule has 116 valence electrons. The van der Waals surface area contributed by atoms with Gasteiger partial charge in [0.2, 0.25) is 0 Å². The summed E-state index contributed by atoms with van der Waals surface area (Å²) in [7, 11) is 0. The normalized spacial score (nSPS) is 22.0. The van der Waals surface area contributed by atoms with Gasteiger partial charge >= 0.3 is 0 Å². The maximum absolute atomic E-state index is 11.5. The molecule has 7 heteroatoms. The molecule has 0 radical (unpaired) electrons. The highest BCUT2D eigenvalue weighted by Gasteiger charge is 2.39. The number of carbonyl (C=O) groups excluding carboxylic acids is 1. The first-order valence-electron chi connectivity index (χ1n) is 6.93. The van der Waals surface area contributed by atoms with Crippen molar-refractivity contribution in [3.63, 3.8) is 0 Å². The SMILES string of the molecule is NC(=O)[C@]1(O)CCCN(c2ccc3ccc(Cl)c(Cl)c3n2)C1. The van der Waals surface area contributed by atoms with Crippen molar-refractivity contribution in [3.8, 4) is 0 Å². The van der Waals surface area contributed by atoms with Crippen molar-refractivity contribution in [3.05, 3.63) is 34.3 Å². The molecule has 2 heterocycles. The van der Waals surface area contributed by atoms with Crippen molar-refractivity contribution in [2.45, 2.75) is 18.4 Å². The summed E-state index contributed by atoms with van der Waals surface area (Å²) < 4.78 is 0. The van der Waals surface area contributed by atoms with Gasteiger partial charge in [-0.3, -0.25) is 4.79 Å². The predicted molar refractivity (Wildman–Crippen MR) is 87.4 cm³/mol. The number of primary amides is 1. The zero-order chi connectivity index (χ0) is 15.9. The Morgan fingerprint density at radius 1 is 1.32 bits per heavy atom. The standard InChI is InChI=1S/C15H15Cl2N3O2/c16-10-4-2-9-3-5-11(19-13(9)12(10)17)20-7-1-6-15(22,8-20)14(18)21/h2-5,22H,1,6-8H2,(H2,18,21)/t15-/m0/s1. The molecule has 1 aromatic carbocycles. The van der Waals surface area contributed by atoms with E-state index < -0.39 is 11.5 Å². The van der Waals surface area contributed by atoms with Crippen LogP contribution in [0.1, 0.15) is 12.8 Å². The molecule has 22 heavy (non-hydrogen) atoms. The van der Waals surface area contributed by atoms with Gasteiger partial charge < -0.3 is 15.7 Å². The predicted octanol–water partition coefficient (Wildman–Crippen LogP) is 2.36. The molecular weight excluding hydrogens is 325 g/mol. The number of rotatable bonds is 2. The fourth-order valence-corrected chi connectivity index (χ4v) is 3.09. The third kappa shape index (κ3) is 2.60. The fraction of sp³-hybridized carbons (Fsp3) is 0.333. The number of fused-ring (bicyclic) bond motifs is 1. The summed E-state index contributed by atoms with van der Waals surface area (Å²) in [5.41, 5.74) is 4.38. The van der Waals surface area contributed by atoms with Gasteiger partial charge in [0.25, 0.3) is 5.91 Å². The van der Waals surface area contributed by atoms with Gasteiger partial charge in [-0.05, 0) is 31.0 Å². The molecule has 3 rings (SSSR count). The van der Waals surface area contributed by atoms with Crippen LogP contribution < -0.4 is 10.6 Å². The summed E-state index contributed by atoms with van der Waals surface area (Å²) >= 11 is 12.2. The second-order valence-electron chi connectivity index (χ2n) is 5.52. The van der Waals surface area contributed by atoms with Gasteiger partial charge in [0.05, 0.1) is 22.1 Å². The summed E-state index contributed by atoms with van der Waals surface area (Å²) in [6.45, 7) is 0.811. The number of carbonyl (C=O) groups is 1. The maximum Gasteiger partial charge on any atom is 0.251 e. The number of halogens is 2. The first-order chi connectivity index (χ1) is 10.4. The second kappa shape index (κ2) is 5.57. The van der Waals surface area contributed by atoms with Crippen molar-refractivity contribution < 1.29 is 9.90 Å². The van der Waals surface area contributed by atoms with Crippen LogP contribution in [-0.2, 0) is 4.79 Å². The number of nitrogens with two attached hydrogens (primary N) is 1. The number of anilines is 1. The average molecular weight is 340 g/mol. The quantitative estimate of drug-likeness (QED) is 0.880. The topological polar surface area (TPSA) is 79.5 Å². The minimum atomic E-state index is -1.52. The van der Waals surface area contributed by atoms with Crippen LogP contribution in [0.3, 0.4) is 0 Å². The Balaban J connectivity index is 2.00. The van der Waals surface area contributed by atoms with Crippen LogP contribution >= 0.6 is 23.2 Å². The van der Waals surface area contributed by atoms with E-state index in [-0.39, 0.29) is 6.54 Å². The van der Waals surface area contributed by atoms with Gasteiger partial charge in [-0.15, -0.1) is 0 Å². The minimum Gasteiger partial charge on any atom is -0.378 e. The number of pyridine rings is 1. The number of aromatic nitrogens is 1. The average Bonchev–Trinajstić information content (AvgIpc) is 2.51. The molecule has 0 saturated carbocycles. The van der Waals surface area contributed by atoms with Crippen LogP contribution in [-0.4, -0.2) is 34.7 Å². The lowest BCUT2D eigenvalue weighted by Crippen LogP contribution is -2.56. The number of piperidine rings is 1. The molecule has 0 spiro atoms. The molecule has 1 aliphatic rings.